The number of carbonyl (C=O) groups excluding carboxylic acids is 2. The molecule has 0 unspecified atom stereocenters. The summed E-state index contributed by atoms with van der Waals surface area (Å²) < 4.78 is 10.3. The summed E-state index contributed by atoms with van der Waals surface area (Å²) in [6.07, 6.45) is 0. The molecule has 2 aromatic carbocycles. The fourth-order valence-electron chi connectivity index (χ4n) is 1.81. The average molecular weight is 334 g/mol. The largest absolute Gasteiger partial charge is 0.484 e. The van der Waals surface area contributed by atoms with Gasteiger partial charge in [-0.3, -0.25) is 4.79 Å². The minimum absolute atomic E-state index is 0.172. The van der Waals surface area contributed by atoms with Gasteiger partial charge in [-0.2, -0.15) is 0 Å². The highest BCUT2D eigenvalue weighted by Gasteiger charge is 2.09. The van der Waals surface area contributed by atoms with E-state index < -0.39 is 5.97 Å². The third-order valence-electron chi connectivity index (χ3n) is 2.84. The minimum Gasteiger partial charge on any atom is -0.484 e. The lowest BCUT2D eigenvalue weighted by molar-refractivity contribution is -0.118. The van der Waals surface area contributed by atoms with Crippen molar-refractivity contribution in [3.05, 3.63) is 59.1 Å². The number of esters is 1. The maximum absolute atomic E-state index is 11.8. The molecule has 0 fully saturated rings. The first kappa shape index (κ1) is 16.8. The molecule has 0 saturated carbocycles. The van der Waals surface area contributed by atoms with Gasteiger partial charge in [0.05, 0.1) is 12.2 Å². The van der Waals surface area contributed by atoms with Gasteiger partial charge >= 0.3 is 5.97 Å². The Hall–Kier alpha value is -2.53. The number of halogens is 1. The maximum atomic E-state index is 11.8. The Morgan fingerprint density at radius 3 is 2.57 bits per heavy atom. The molecular formula is C17H16ClNO4. The number of hydrogen-bond donors (Lipinski definition) is 1. The van der Waals surface area contributed by atoms with E-state index in [1.807, 2.05) is 0 Å². The second kappa shape index (κ2) is 8.19. The van der Waals surface area contributed by atoms with Gasteiger partial charge in [0.25, 0.3) is 5.91 Å². The van der Waals surface area contributed by atoms with Crippen LogP contribution in [0.4, 0.5) is 5.69 Å². The smallest absolute Gasteiger partial charge is 0.338 e. The van der Waals surface area contributed by atoms with Crippen LogP contribution in [0.15, 0.2) is 48.5 Å². The van der Waals surface area contributed by atoms with Crippen molar-refractivity contribution in [1.82, 2.24) is 0 Å². The molecule has 0 aliphatic heterocycles. The molecule has 0 spiro atoms. The zero-order valence-corrected chi connectivity index (χ0v) is 13.3. The zero-order valence-electron chi connectivity index (χ0n) is 12.5. The van der Waals surface area contributed by atoms with Gasteiger partial charge in [-0.15, -0.1) is 0 Å². The molecule has 0 aliphatic carbocycles. The Morgan fingerprint density at radius 2 is 1.87 bits per heavy atom. The number of nitrogens with one attached hydrogen (secondary N) is 1. The molecule has 0 aliphatic rings. The van der Waals surface area contributed by atoms with Gasteiger partial charge in [0.15, 0.2) is 6.61 Å². The summed E-state index contributed by atoms with van der Waals surface area (Å²) >= 11 is 5.78. The van der Waals surface area contributed by atoms with E-state index in [0.29, 0.717) is 28.6 Å². The van der Waals surface area contributed by atoms with Crippen molar-refractivity contribution in [3.8, 4) is 5.75 Å². The van der Waals surface area contributed by atoms with E-state index in [1.165, 1.54) is 6.07 Å². The first-order chi connectivity index (χ1) is 11.1. The monoisotopic (exact) mass is 333 g/mol. The number of ether oxygens (including phenoxy) is 2. The lowest BCUT2D eigenvalue weighted by atomic mass is 10.2. The van der Waals surface area contributed by atoms with Crippen LogP contribution in [0.3, 0.4) is 0 Å². The number of rotatable bonds is 6. The summed E-state index contributed by atoms with van der Waals surface area (Å²) in [6.45, 7) is 1.86. The van der Waals surface area contributed by atoms with E-state index >= 15 is 0 Å². The molecule has 0 radical (unpaired) electrons. The molecule has 6 heteroatoms. The summed E-state index contributed by atoms with van der Waals surface area (Å²) in [6, 6.07) is 13.2. The van der Waals surface area contributed by atoms with Crippen molar-refractivity contribution in [2.45, 2.75) is 6.92 Å². The number of anilines is 1. The molecule has 2 aromatic rings. The van der Waals surface area contributed by atoms with Crippen LogP contribution < -0.4 is 10.1 Å². The number of benzene rings is 2. The van der Waals surface area contributed by atoms with E-state index in [9.17, 15) is 9.59 Å². The van der Waals surface area contributed by atoms with E-state index in [2.05, 4.69) is 5.32 Å². The van der Waals surface area contributed by atoms with Gasteiger partial charge in [-0.05, 0) is 49.4 Å². The lowest BCUT2D eigenvalue weighted by Crippen LogP contribution is -2.20. The van der Waals surface area contributed by atoms with E-state index in [4.69, 9.17) is 21.1 Å². The SMILES string of the molecule is CCOC(=O)c1cccc(OCC(=O)Nc2ccc(Cl)cc2)c1. The Morgan fingerprint density at radius 1 is 1.13 bits per heavy atom. The molecule has 1 N–H and O–H groups in total. The normalized spacial score (nSPS) is 10.0. The molecule has 5 nitrogen and oxygen atoms in total. The van der Waals surface area contributed by atoms with Crippen molar-refractivity contribution in [2.75, 3.05) is 18.5 Å². The quantitative estimate of drug-likeness (QED) is 0.821. The summed E-state index contributed by atoms with van der Waals surface area (Å²) in [5, 5.41) is 3.28. The topological polar surface area (TPSA) is 64.6 Å². The number of amides is 1. The Bertz CT molecular complexity index is 685. The predicted molar refractivity (Wildman–Crippen MR) is 88.0 cm³/mol. The van der Waals surface area contributed by atoms with Crippen LogP contribution in [0.5, 0.6) is 5.75 Å². The number of carbonyl (C=O) groups is 2. The predicted octanol–water partition coefficient (Wildman–Crippen LogP) is 3.53. The van der Waals surface area contributed by atoms with Crippen molar-refractivity contribution < 1.29 is 19.1 Å². The van der Waals surface area contributed by atoms with E-state index in [0.717, 1.165) is 0 Å². The van der Waals surface area contributed by atoms with Crippen LogP contribution in [0.2, 0.25) is 5.02 Å². The maximum Gasteiger partial charge on any atom is 0.338 e. The molecule has 120 valence electrons. The fourth-order valence-corrected chi connectivity index (χ4v) is 1.93. The first-order valence-electron chi connectivity index (χ1n) is 7.04. The van der Waals surface area contributed by atoms with Crippen molar-refractivity contribution in [2.24, 2.45) is 0 Å². The molecule has 0 aromatic heterocycles. The molecule has 0 bridgehead atoms. The highest BCUT2D eigenvalue weighted by Crippen LogP contribution is 2.15. The first-order valence-corrected chi connectivity index (χ1v) is 7.41. The van der Waals surface area contributed by atoms with Crippen LogP contribution in [-0.4, -0.2) is 25.1 Å². The van der Waals surface area contributed by atoms with Crippen molar-refractivity contribution in [1.29, 1.82) is 0 Å². The molecule has 23 heavy (non-hydrogen) atoms. The summed E-state index contributed by atoms with van der Waals surface area (Å²) in [5.41, 5.74) is 1.01. The second-order valence-electron chi connectivity index (χ2n) is 4.59. The standard InChI is InChI=1S/C17H16ClNO4/c1-2-22-17(21)12-4-3-5-15(10-12)23-11-16(20)19-14-8-6-13(18)7-9-14/h3-10H,2,11H2,1H3,(H,19,20). The van der Waals surface area contributed by atoms with Crippen LogP contribution >= 0.6 is 11.6 Å². The van der Waals surface area contributed by atoms with E-state index in [1.54, 1.807) is 49.4 Å². The van der Waals surface area contributed by atoms with E-state index in [-0.39, 0.29) is 12.5 Å². The van der Waals surface area contributed by atoms with Crippen molar-refractivity contribution >= 4 is 29.2 Å². The van der Waals surface area contributed by atoms with Gasteiger partial charge in [-0.1, -0.05) is 17.7 Å². The van der Waals surface area contributed by atoms with Gasteiger partial charge < -0.3 is 14.8 Å². The molecule has 0 saturated heterocycles. The number of hydrogen-bond acceptors (Lipinski definition) is 4. The Kier molecular flexibility index (Phi) is 6.00. The second-order valence-corrected chi connectivity index (χ2v) is 5.03. The highest BCUT2D eigenvalue weighted by atomic mass is 35.5. The fraction of sp³-hybridized carbons (Fsp3) is 0.176. The highest BCUT2D eigenvalue weighted by molar-refractivity contribution is 6.30. The molecule has 2 rings (SSSR count). The Labute approximate surface area is 139 Å². The molecule has 0 heterocycles. The zero-order chi connectivity index (χ0) is 16.7. The minimum atomic E-state index is -0.427. The molecular weight excluding hydrogens is 318 g/mol. The van der Waals surface area contributed by atoms with Crippen molar-refractivity contribution in [3.63, 3.8) is 0 Å². The van der Waals surface area contributed by atoms with Crippen LogP contribution in [-0.2, 0) is 9.53 Å². The molecule has 0 atom stereocenters. The van der Waals surface area contributed by atoms with Crippen LogP contribution in [0.25, 0.3) is 0 Å². The van der Waals surface area contributed by atoms with Crippen LogP contribution in [0.1, 0.15) is 17.3 Å². The molecule has 1 amide bonds. The summed E-state index contributed by atoms with van der Waals surface area (Å²) in [5.74, 6) is -0.320. The lowest BCUT2D eigenvalue weighted by Gasteiger charge is -2.09. The third kappa shape index (κ3) is 5.30. The average Bonchev–Trinajstić information content (AvgIpc) is 2.56. The van der Waals surface area contributed by atoms with Gasteiger partial charge in [-0.25, -0.2) is 4.79 Å². The summed E-state index contributed by atoms with van der Waals surface area (Å²) in [4.78, 5) is 23.5. The third-order valence-corrected chi connectivity index (χ3v) is 3.10. The summed E-state index contributed by atoms with van der Waals surface area (Å²) in [7, 11) is 0. The van der Waals surface area contributed by atoms with Crippen LogP contribution in [0, 0.1) is 0 Å². The van der Waals surface area contributed by atoms with Gasteiger partial charge in [0.1, 0.15) is 5.75 Å². The Balaban J connectivity index is 1.90. The van der Waals surface area contributed by atoms with Gasteiger partial charge in [0.2, 0.25) is 0 Å². The van der Waals surface area contributed by atoms with Gasteiger partial charge in [0, 0.05) is 10.7 Å².